The van der Waals surface area contributed by atoms with Gasteiger partial charge >= 0.3 is 0 Å². The zero-order chi connectivity index (χ0) is 21.9. The summed E-state index contributed by atoms with van der Waals surface area (Å²) in [6.45, 7) is 7.30. The minimum absolute atomic E-state index is 0.0820. The topological polar surface area (TPSA) is 35.5 Å². The SMILES string of the molecule is C=CCC1CCc2cc(OCc3ccc(OCCCCCCCC)cc3)ccc2C1=O. The van der Waals surface area contributed by atoms with Crippen LogP contribution >= 0.6 is 0 Å². The lowest BCUT2D eigenvalue weighted by Crippen LogP contribution is -2.22. The van der Waals surface area contributed by atoms with Gasteiger partial charge in [-0.1, -0.05) is 57.2 Å². The number of ether oxygens (including phenoxy) is 2. The van der Waals surface area contributed by atoms with Crippen molar-refractivity contribution >= 4 is 5.78 Å². The van der Waals surface area contributed by atoms with Crippen LogP contribution in [-0.2, 0) is 13.0 Å². The molecule has 0 radical (unpaired) electrons. The fourth-order valence-electron chi connectivity index (χ4n) is 4.13. The number of unbranched alkanes of at least 4 members (excludes halogenated alkanes) is 5. The molecule has 1 aliphatic carbocycles. The Morgan fingerprint density at radius 1 is 0.968 bits per heavy atom. The first-order chi connectivity index (χ1) is 15.2. The first kappa shape index (κ1) is 23.1. The fourth-order valence-corrected chi connectivity index (χ4v) is 4.13. The maximum absolute atomic E-state index is 12.6. The van der Waals surface area contributed by atoms with Crippen LogP contribution in [0.3, 0.4) is 0 Å². The Balaban J connectivity index is 1.43. The second-order valence-electron chi connectivity index (χ2n) is 8.49. The van der Waals surface area contributed by atoms with Crippen molar-refractivity contribution in [2.45, 2.75) is 71.3 Å². The van der Waals surface area contributed by atoms with Gasteiger partial charge in [0.2, 0.25) is 0 Å². The minimum atomic E-state index is 0.0820. The van der Waals surface area contributed by atoms with E-state index in [1.165, 1.54) is 32.1 Å². The Hall–Kier alpha value is -2.55. The van der Waals surface area contributed by atoms with Gasteiger partial charge < -0.3 is 9.47 Å². The molecule has 0 bridgehead atoms. The van der Waals surface area contributed by atoms with Gasteiger partial charge in [0.15, 0.2) is 5.78 Å². The highest BCUT2D eigenvalue weighted by Crippen LogP contribution is 2.30. The lowest BCUT2D eigenvalue weighted by atomic mass is 9.81. The van der Waals surface area contributed by atoms with E-state index in [4.69, 9.17) is 9.47 Å². The van der Waals surface area contributed by atoms with Gasteiger partial charge in [0.1, 0.15) is 18.1 Å². The quantitative estimate of drug-likeness (QED) is 0.251. The molecule has 0 saturated heterocycles. The Labute approximate surface area is 187 Å². The number of aryl methyl sites for hydroxylation is 1. The number of fused-ring (bicyclic) bond motifs is 1. The molecule has 3 heteroatoms. The molecule has 0 heterocycles. The number of carbonyl (C=O) groups excluding carboxylic acids is 1. The van der Waals surface area contributed by atoms with Crippen molar-refractivity contribution in [3.05, 3.63) is 71.8 Å². The van der Waals surface area contributed by atoms with Crippen molar-refractivity contribution in [2.24, 2.45) is 5.92 Å². The van der Waals surface area contributed by atoms with Crippen molar-refractivity contribution in [1.82, 2.24) is 0 Å². The molecule has 0 aliphatic heterocycles. The summed E-state index contributed by atoms with van der Waals surface area (Å²) in [4.78, 5) is 12.6. The van der Waals surface area contributed by atoms with Crippen molar-refractivity contribution in [1.29, 1.82) is 0 Å². The Bertz CT molecular complexity index is 838. The van der Waals surface area contributed by atoms with E-state index in [0.717, 1.165) is 60.5 Å². The van der Waals surface area contributed by atoms with E-state index in [1.54, 1.807) is 0 Å². The van der Waals surface area contributed by atoms with Gasteiger partial charge in [0, 0.05) is 11.5 Å². The summed E-state index contributed by atoms with van der Waals surface area (Å²) in [5.41, 5.74) is 3.05. The number of ketones is 1. The van der Waals surface area contributed by atoms with E-state index in [2.05, 4.69) is 25.6 Å². The van der Waals surface area contributed by atoms with Crippen LogP contribution in [0.1, 0.15) is 79.8 Å². The van der Waals surface area contributed by atoms with Crippen molar-refractivity contribution < 1.29 is 14.3 Å². The Morgan fingerprint density at radius 3 is 2.48 bits per heavy atom. The van der Waals surface area contributed by atoms with Gasteiger partial charge in [-0.3, -0.25) is 4.79 Å². The summed E-state index contributed by atoms with van der Waals surface area (Å²) in [5.74, 6) is 2.05. The smallest absolute Gasteiger partial charge is 0.166 e. The molecular weight excluding hydrogens is 384 g/mol. The van der Waals surface area contributed by atoms with Gasteiger partial charge in [-0.05, 0) is 67.1 Å². The first-order valence-corrected chi connectivity index (χ1v) is 11.8. The highest BCUT2D eigenvalue weighted by Gasteiger charge is 2.26. The molecule has 0 N–H and O–H groups in total. The summed E-state index contributed by atoms with van der Waals surface area (Å²) < 4.78 is 11.8. The summed E-state index contributed by atoms with van der Waals surface area (Å²) in [7, 11) is 0. The molecule has 0 amide bonds. The zero-order valence-corrected chi connectivity index (χ0v) is 18.9. The van der Waals surface area contributed by atoms with Gasteiger partial charge in [-0.15, -0.1) is 6.58 Å². The van der Waals surface area contributed by atoms with Crippen molar-refractivity contribution in [3.63, 3.8) is 0 Å². The average Bonchev–Trinajstić information content (AvgIpc) is 2.80. The number of hydrogen-bond acceptors (Lipinski definition) is 3. The van der Waals surface area contributed by atoms with Crippen LogP contribution in [0.15, 0.2) is 55.1 Å². The Morgan fingerprint density at radius 2 is 1.71 bits per heavy atom. The normalized spacial score (nSPS) is 15.4. The first-order valence-electron chi connectivity index (χ1n) is 11.8. The number of hydrogen-bond donors (Lipinski definition) is 0. The molecular formula is C28H36O3. The zero-order valence-electron chi connectivity index (χ0n) is 18.9. The van der Waals surface area contributed by atoms with Crippen LogP contribution in [0, 0.1) is 5.92 Å². The number of carbonyl (C=O) groups is 1. The molecule has 31 heavy (non-hydrogen) atoms. The largest absolute Gasteiger partial charge is 0.494 e. The van der Waals surface area contributed by atoms with Crippen molar-refractivity contribution in [2.75, 3.05) is 6.61 Å². The third kappa shape index (κ3) is 6.99. The lowest BCUT2D eigenvalue weighted by molar-refractivity contribution is 0.0903. The molecule has 0 aromatic heterocycles. The Kier molecular flexibility index (Phi) is 9.20. The number of benzene rings is 2. The molecule has 166 valence electrons. The van der Waals surface area contributed by atoms with Crippen LogP contribution in [0.5, 0.6) is 11.5 Å². The lowest BCUT2D eigenvalue weighted by Gasteiger charge is -2.23. The minimum Gasteiger partial charge on any atom is -0.494 e. The maximum atomic E-state index is 12.6. The summed E-state index contributed by atoms with van der Waals surface area (Å²) in [6.07, 6.45) is 12.0. The molecule has 2 aromatic rings. The predicted octanol–water partition coefficient (Wildman–Crippen LogP) is 7.33. The number of Topliss-reactive ketones (excluding diaryl/α,β-unsaturated/α-hetero) is 1. The van der Waals surface area contributed by atoms with E-state index >= 15 is 0 Å². The molecule has 3 nitrogen and oxygen atoms in total. The van der Waals surface area contributed by atoms with E-state index < -0.39 is 0 Å². The van der Waals surface area contributed by atoms with Crippen LogP contribution in [-0.4, -0.2) is 12.4 Å². The molecule has 0 saturated carbocycles. The molecule has 1 aliphatic rings. The van der Waals surface area contributed by atoms with Gasteiger partial charge in [0.05, 0.1) is 6.61 Å². The summed E-state index contributed by atoms with van der Waals surface area (Å²) in [5, 5.41) is 0. The van der Waals surface area contributed by atoms with Crippen LogP contribution in [0.4, 0.5) is 0 Å². The molecule has 3 rings (SSSR count). The van der Waals surface area contributed by atoms with Crippen molar-refractivity contribution in [3.8, 4) is 11.5 Å². The summed E-state index contributed by atoms with van der Waals surface area (Å²) >= 11 is 0. The highest BCUT2D eigenvalue weighted by atomic mass is 16.5. The second-order valence-corrected chi connectivity index (χ2v) is 8.49. The third-order valence-corrected chi connectivity index (χ3v) is 6.02. The molecule has 0 spiro atoms. The average molecular weight is 421 g/mol. The predicted molar refractivity (Wildman–Crippen MR) is 127 cm³/mol. The molecule has 1 unspecified atom stereocenters. The van der Waals surface area contributed by atoms with E-state index in [1.807, 2.05) is 36.4 Å². The van der Waals surface area contributed by atoms with E-state index in [0.29, 0.717) is 6.61 Å². The van der Waals surface area contributed by atoms with Gasteiger partial charge in [-0.25, -0.2) is 0 Å². The van der Waals surface area contributed by atoms with Gasteiger partial charge in [0.25, 0.3) is 0 Å². The molecule has 0 fully saturated rings. The van der Waals surface area contributed by atoms with E-state index in [-0.39, 0.29) is 11.7 Å². The highest BCUT2D eigenvalue weighted by molar-refractivity contribution is 6.00. The molecule has 2 aromatic carbocycles. The fraction of sp³-hybridized carbons (Fsp3) is 0.464. The van der Waals surface area contributed by atoms with Crippen LogP contribution < -0.4 is 9.47 Å². The monoisotopic (exact) mass is 420 g/mol. The number of rotatable bonds is 13. The van der Waals surface area contributed by atoms with E-state index in [9.17, 15) is 4.79 Å². The standard InChI is InChI=1S/C28H36O3/c1-3-5-6-7-8-9-19-30-25-15-11-22(12-16-25)21-31-26-17-18-27-24(20-26)14-13-23(10-4-2)28(27)29/h4,11-12,15-18,20,23H,2-3,5-10,13-14,19,21H2,1H3. The van der Waals surface area contributed by atoms with Crippen LogP contribution in [0.2, 0.25) is 0 Å². The number of allylic oxidation sites excluding steroid dienone is 1. The second kappa shape index (κ2) is 12.3. The third-order valence-electron chi connectivity index (χ3n) is 6.02. The molecule has 1 atom stereocenters. The summed E-state index contributed by atoms with van der Waals surface area (Å²) in [6, 6.07) is 14.0. The van der Waals surface area contributed by atoms with Crippen LogP contribution in [0.25, 0.3) is 0 Å². The van der Waals surface area contributed by atoms with Gasteiger partial charge in [-0.2, -0.15) is 0 Å². The maximum Gasteiger partial charge on any atom is 0.166 e.